The van der Waals surface area contributed by atoms with Gasteiger partial charge in [-0.25, -0.2) is 9.59 Å². The number of hydrogen-bond acceptors (Lipinski definition) is 5. The van der Waals surface area contributed by atoms with Gasteiger partial charge in [-0.2, -0.15) is 0 Å². The number of fused-ring (bicyclic) bond motifs is 1. The lowest BCUT2D eigenvalue weighted by atomic mass is 9.79. The van der Waals surface area contributed by atoms with Gasteiger partial charge in [-0.15, -0.1) is 4.99 Å². The number of aliphatic imine (C=N–C) groups is 1. The van der Waals surface area contributed by atoms with Gasteiger partial charge in [0.25, 0.3) is 0 Å². The zero-order chi connectivity index (χ0) is 25.2. The van der Waals surface area contributed by atoms with Gasteiger partial charge < -0.3 is 19.7 Å². The first-order chi connectivity index (χ1) is 16.6. The fourth-order valence-electron chi connectivity index (χ4n) is 4.24. The predicted molar refractivity (Wildman–Crippen MR) is 132 cm³/mol. The van der Waals surface area contributed by atoms with Gasteiger partial charge in [-0.3, -0.25) is 10.1 Å². The van der Waals surface area contributed by atoms with E-state index in [-0.39, 0.29) is 31.6 Å². The quantitative estimate of drug-likeness (QED) is 0.608. The Hall–Kier alpha value is -3.40. The van der Waals surface area contributed by atoms with Gasteiger partial charge >= 0.3 is 12.2 Å². The maximum absolute atomic E-state index is 13.2. The molecule has 0 radical (unpaired) electrons. The maximum atomic E-state index is 13.2. The molecule has 3 amide bonds. The Bertz CT molecular complexity index is 1160. The predicted octanol–water partition coefficient (Wildman–Crippen LogP) is 3.92. The number of nitrogens with zero attached hydrogens (tertiary/aromatic N) is 2. The fourth-order valence-corrected chi connectivity index (χ4v) is 4.64. The Balaban J connectivity index is 1.61. The van der Waals surface area contributed by atoms with E-state index in [9.17, 15) is 14.4 Å². The summed E-state index contributed by atoms with van der Waals surface area (Å²) in [6, 6.07) is 16.8. The summed E-state index contributed by atoms with van der Waals surface area (Å²) in [6.45, 7) is 5.59. The molecule has 2 unspecified atom stereocenters. The van der Waals surface area contributed by atoms with E-state index < -0.39 is 29.2 Å². The van der Waals surface area contributed by atoms with Crippen molar-refractivity contribution in [1.29, 1.82) is 0 Å². The Morgan fingerprint density at radius 3 is 2.60 bits per heavy atom. The summed E-state index contributed by atoms with van der Waals surface area (Å²) < 4.78 is 11.6. The van der Waals surface area contributed by atoms with Crippen LogP contribution in [0.2, 0.25) is 0 Å². The molecule has 9 nitrogen and oxygen atoms in total. The summed E-state index contributed by atoms with van der Waals surface area (Å²) in [4.78, 5) is 43.9. The van der Waals surface area contributed by atoms with Crippen LogP contribution in [0.25, 0.3) is 0 Å². The summed E-state index contributed by atoms with van der Waals surface area (Å²) in [5.74, 6) is -1.02. The first-order valence-electron chi connectivity index (χ1n) is 11.2. The molecule has 0 aliphatic carbocycles. The van der Waals surface area contributed by atoms with E-state index in [1.165, 1.54) is 4.90 Å². The van der Waals surface area contributed by atoms with Gasteiger partial charge in [0.1, 0.15) is 12.2 Å². The van der Waals surface area contributed by atoms with Crippen molar-refractivity contribution < 1.29 is 23.9 Å². The summed E-state index contributed by atoms with van der Waals surface area (Å²) >= 11 is 3.48. The molecule has 2 fully saturated rings. The lowest BCUT2D eigenvalue weighted by Crippen LogP contribution is -2.65. The molecule has 2 aliphatic rings. The number of benzene rings is 2. The minimum Gasteiger partial charge on any atom is -0.445 e. The van der Waals surface area contributed by atoms with Crippen molar-refractivity contribution in [2.24, 2.45) is 10.9 Å². The Kier molecular flexibility index (Phi) is 6.84. The van der Waals surface area contributed by atoms with Crippen LogP contribution in [0.3, 0.4) is 0 Å². The van der Waals surface area contributed by atoms with Crippen LogP contribution in [-0.4, -0.2) is 47.6 Å². The first-order valence-corrected chi connectivity index (χ1v) is 12.0. The second kappa shape index (κ2) is 9.69. The van der Waals surface area contributed by atoms with Crippen molar-refractivity contribution in [2.45, 2.75) is 38.5 Å². The lowest BCUT2D eigenvalue weighted by Gasteiger charge is -2.40. The average molecular weight is 543 g/mol. The number of halogens is 1. The highest BCUT2D eigenvalue weighted by Gasteiger charge is 2.56. The monoisotopic (exact) mass is 542 g/mol. The van der Waals surface area contributed by atoms with Gasteiger partial charge in [0, 0.05) is 11.0 Å². The van der Waals surface area contributed by atoms with Gasteiger partial charge in [-0.1, -0.05) is 58.4 Å². The van der Waals surface area contributed by atoms with Gasteiger partial charge in [0.15, 0.2) is 0 Å². The molecule has 0 aromatic heterocycles. The molecule has 2 N–H and O–H groups in total. The van der Waals surface area contributed by atoms with Crippen LogP contribution in [0.15, 0.2) is 64.1 Å². The highest BCUT2D eigenvalue weighted by Crippen LogP contribution is 2.40. The van der Waals surface area contributed by atoms with Crippen molar-refractivity contribution in [3.63, 3.8) is 0 Å². The van der Waals surface area contributed by atoms with Gasteiger partial charge in [0.05, 0.1) is 18.0 Å². The first kappa shape index (κ1) is 24.7. The van der Waals surface area contributed by atoms with E-state index in [2.05, 4.69) is 31.6 Å². The van der Waals surface area contributed by atoms with Crippen molar-refractivity contribution in [2.75, 3.05) is 13.1 Å². The average Bonchev–Trinajstić information content (AvgIpc) is 3.18. The zero-order valence-corrected chi connectivity index (χ0v) is 21.3. The molecule has 0 saturated carbocycles. The normalized spacial score (nSPS) is 22.7. The second-order valence-corrected chi connectivity index (χ2v) is 10.4. The molecule has 35 heavy (non-hydrogen) atoms. The van der Waals surface area contributed by atoms with E-state index >= 15 is 0 Å². The van der Waals surface area contributed by atoms with Crippen molar-refractivity contribution in [1.82, 2.24) is 15.5 Å². The minimum atomic E-state index is -1.02. The number of hydrogen-bond donors (Lipinski definition) is 2. The number of carbonyl (C=O) groups excluding carboxylic acids is 3. The topological polar surface area (TPSA) is 109 Å². The van der Waals surface area contributed by atoms with E-state index in [0.717, 1.165) is 15.6 Å². The van der Waals surface area contributed by atoms with Crippen LogP contribution in [0.4, 0.5) is 9.59 Å². The molecule has 2 heterocycles. The van der Waals surface area contributed by atoms with Crippen LogP contribution < -0.4 is 10.6 Å². The molecular weight excluding hydrogens is 516 g/mol. The van der Waals surface area contributed by atoms with Crippen LogP contribution in [0.5, 0.6) is 0 Å². The third-order valence-corrected chi connectivity index (χ3v) is 6.23. The summed E-state index contributed by atoms with van der Waals surface area (Å²) in [5.41, 5.74) is -0.126. The SMILES string of the molecule is CC(C)(C)OC(=O)/N=C1/NC(=O)C2CN(C(=O)OCc3ccccc3)CC2(c2cccc(Br)c2)N1. The number of nitrogens with one attached hydrogen (secondary N) is 2. The van der Waals surface area contributed by atoms with Crippen LogP contribution in [0.1, 0.15) is 31.9 Å². The molecule has 2 saturated heterocycles. The standard InChI is InChI=1S/C25H27BrN4O5/c1-24(2,3)35-22(32)28-21-27-20(31)19-13-30(23(33)34-14-16-8-5-4-6-9-16)15-25(19,29-21)17-10-7-11-18(26)12-17/h4-12,19H,13-15H2,1-3H3,(H2,27,28,29,31,32). The maximum Gasteiger partial charge on any atom is 0.437 e. The highest BCUT2D eigenvalue weighted by molar-refractivity contribution is 9.10. The summed E-state index contributed by atoms with van der Waals surface area (Å²) in [5, 5.41) is 5.86. The summed E-state index contributed by atoms with van der Waals surface area (Å²) in [7, 11) is 0. The lowest BCUT2D eigenvalue weighted by molar-refractivity contribution is -0.126. The highest BCUT2D eigenvalue weighted by atomic mass is 79.9. The Morgan fingerprint density at radius 2 is 1.91 bits per heavy atom. The van der Waals surface area contributed by atoms with Gasteiger partial charge in [-0.05, 0) is 44.0 Å². The molecule has 2 aliphatic heterocycles. The van der Waals surface area contributed by atoms with Crippen LogP contribution in [-0.2, 0) is 26.4 Å². The Labute approximate surface area is 212 Å². The van der Waals surface area contributed by atoms with Crippen molar-refractivity contribution in [3.05, 3.63) is 70.2 Å². The molecule has 184 valence electrons. The molecule has 2 aromatic carbocycles. The molecule has 10 heteroatoms. The van der Waals surface area contributed by atoms with Crippen molar-refractivity contribution >= 4 is 40.0 Å². The number of carbonyl (C=O) groups is 3. The largest absolute Gasteiger partial charge is 0.445 e. The second-order valence-electron chi connectivity index (χ2n) is 9.51. The van der Waals surface area contributed by atoms with E-state index in [1.807, 2.05) is 54.6 Å². The third kappa shape index (κ3) is 5.64. The van der Waals surface area contributed by atoms with E-state index in [1.54, 1.807) is 20.8 Å². The molecule has 2 aromatic rings. The minimum absolute atomic E-state index is 0.0278. The molecular formula is C25H27BrN4O5. The van der Waals surface area contributed by atoms with Crippen LogP contribution in [0, 0.1) is 5.92 Å². The Morgan fingerprint density at radius 1 is 1.17 bits per heavy atom. The molecule has 0 spiro atoms. The van der Waals surface area contributed by atoms with Gasteiger partial charge in [0.2, 0.25) is 11.9 Å². The molecule has 0 bridgehead atoms. The smallest absolute Gasteiger partial charge is 0.437 e. The third-order valence-electron chi connectivity index (χ3n) is 5.74. The number of rotatable bonds is 3. The van der Waals surface area contributed by atoms with Crippen LogP contribution >= 0.6 is 15.9 Å². The number of guanidine groups is 1. The zero-order valence-electron chi connectivity index (χ0n) is 19.7. The fraction of sp³-hybridized carbons (Fsp3) is 0.360. The summed E-state index contributed by atoms with van der Waals surface area (Å²) in [6.07, 6.45) is -1.36. The van der Waals surface area contributed by atoms with Crippen molar-refractivity contribution in [3.8, 4) is 0 Å². The van der Waals surface area contributed by atoms with E-state index in [0.29, 0.717) is 0 Å². The number of ether oxygens (including phenoxy) is 2. The number of amides is 3. The molecule has 2 atom stereocenters. The number of likely N-dealkylation sites (tertiary alicyclic amines) is 1. The van der Waals surface area contributed by atoms with E-state index in [4.69, 9.17) is 9.47 Å². The molecule has 4 rings (SSSR count).